The van der Waals surface area contributed by atoms with Gasteiger partial charge in [-0.1, -0.05) is 55.5 Å². The van der Waals surface area contributed by atoms with Crippen molar-refractivity contribution in [3.8, 4) is 11.3 Å². The van der Waals surface area contributed by atoms with Gasteiger partial charge in [-0.25, -0.2) is 4.98 Å². The number of fused-ring (bicyclic) bond motifs is 1. The highest BCUT2D eigenvalue weighted by molar-refractivity contribution is 6.07. The Labute approximate surface area is 163 Å². The number of piperidine rings is 1. The van der Waals surface area contributed by atoms with Gasteiger partial charge in [0.15, 0.2) is 0 Å². The summed E-state index contributed by atoms with van der Waals surface area (Å²) in [7, 11) is 0. The molecule has 0 spiro atoms. The molecule has 28 heavy (non-hydrogen) atoms. The minimum Gasteiger partial charge on any atom is -0.481 e. The first-order chi connectivity index (χ1) is 13.5. The zero-order chi connectivity index (χ0) is 19.7. The van der Waals surface area contributed by atoms with Crippen LogP contribution in [0.25, 0.3) is 22.2 Å². The summed E-state index contributed by atoms with van der Waals surface area (Å²) in [6, 6.07) is 19.3. The van der Waals surface area contributed by atoms with Crippen molar-refractivity contribution in [3.05, 3.63) is 66.2 Å². The van der Waals surface area contributed by atoms with Crippen molar-refractivity contribution in [1.82, 2.24) is 9.88 Å². The van der Waals surface area contributed by atoms with Crippen molar-refractivity contribution < 1.29 is 14.7 Å². The summed E-state index contributed by atoms with van der Waals surface area (Å²) in [5.41, 5.74) is 3.11. The topological polar surface area (TPSA) is 70.5 Å². The number of pyridine rings is 1. The van der Waals surface area contributed by atoms with Crippen LogP contribution in [0.1, 0.15) is 23.7 Å². The van der Waals surface area contributed by atoms with Crippen LogP contribution in [0.5, 0.6) is 0 Å². The smallest absolute Gasteiger partial charge is 0.306 e. The number of likely N-dealkylation sites (tertiary alicyclic amines) is 1. The van der Waals surface area contributed by atoms with Gasteiger partial charge < -0.3 is 10.0 Å². The number of carbonyl (C=O) groups is 2. The first kappa shape index (κ1) is 18.2. The molecule has 1 fully saturated rings. The molecule has 0 bridgehead atoms. The summed E-state index contributed by atoms with van der Waals surface area (Å²) in [5.74, 6) is -1.30. The quantitative estimate of drug-likeness (QED) is 0.750. The predicted octanol–water partition coefficient (Wildman–Crippen LogP) is 4.08. The molecule has 2 heterocycles. The van der Waals surface area contributed by atoms with Gasteiger partial charge >= 0.3 is 5.97 Å². The lowest BCUT2D eigenvalue weighted by Gasteiger charge is -2.35. The lowest BCUT2D eigenvalue weighted by Crippen LogP contribution is -2.45. The Kier molecular flexibility index (Phi) is 4.82. The van der Waals surface area contributed by atoms with Crippen LogP contribution in [0.15, 0.2) is 60.7 Å². The zero-order valence-corrected chi connectivity index (χ0v) is 15.7. The third kappa shape index (κ3) is 3.36. The van der Waals surface area contributed by atoms with Crippen LogP contribution in [0.3, 0.4) is 0 Å². The van der Waals surface area contributed by atoms with Gasteiger partial charge in [0.2, 0.25) is 0 Å². The van der Waals surface area contributed by atoms with Gasteiger partial charge in [0.05, 0.1) is 22.7 Å². The average molecular weight is 374 g/mol. The maximum atomic E-state index is 13.4. The monoisotopic (exact) mass is 374 g/mol. The molecular formula is C23H22N2O3. The Morgan fingerprint density at radius 3 is 2.50 bits per heavy atom. The van der Waals surface area contributed by atoms with Crippen molar-refractivity contribution in [2.45, 2.75) is 13.3 Å². The van der Waals surface area contributed by atoms with Gasteiger partial charge in [-0.05, 0) is 24.5 Å². The lowest BCUT2D eigenvalue weighted by atomic mass is 9.86. The van der Waals surface area contributed by atoms with E-state index >= 15 is 0 Å². The van der Waals surface area contributed by atoms with E-state index in [1.807, 2.05) is 67.6 Å². The van der Waals surface area contributed by atoms with Gasteiger partial charge in [-0.2, -0.15) is 0 Å². The molecule has 4 rings (SSSR count). The summed E-state index contributed by atoms with van der Waals surface area (Å²) < 4.78 is 0. The van der Waals surface area contributed by atoms with E-state index in [4.69, 9.17) is 4.98 Å². The largest absolute Gasteiger partial charge is 0.481 e. The Morgan fingerprint density at radius 2 is 1.79 bits per heavy atom. The molecule has 1 amide bonds. The van der Waals surface area contributed by atoms with Crippen LogP contribution in [-0.4, -0.2) is 40.0 Å². The second kappa shape index (κ2) is 7.43. The summed E-state index contributed by atoms with van der Waals surface area (Å²) in [5, 5.41) is 10.2. The molecule has 5 heteroatoms. The van der Waals surface area contributed by atoms with Gasteiger partial charge in [0.25, 0.3) is 5.91 Å². The molecule has 0 aliphatic carbocycles. The number of benzene rings is 2. The molecule has 5 nitrogen and oxygen atoms in total. The van der Waals surface area contributed by atoms with E-state index in [0.29, 0.717) is 25.1 Å². The third-order valence-electron chi connectivity index (χ3n) is 5.53. The standard InChI is InChI=1S/C23H22N2O3/c1-15-14-25(12-11-17(15)23(27)28)22(26)19-13-21(16-7-3-2-4-8-16)24-20-10-6-5-9-18(19)20/h2-10,13,15,17H,11-12,14H2,1H3,(H,27,28). The van der Waals surface area contributed by atoms with E-state index in [1.54, 1.807) is 4.90 Å². The number of hydrogen-bond donors (Lipinski definition) is 1. The minimum absolute atomic E-state index is 0.0635. The highest BCUT2D eigenvalue weighted by Crippen LogP contribution is 2.29. The molecule has 3 aromatic rings. The Balaban J connectivity index is 1.73. The molecule has 2 unspecified atom stereocenters. The predicted molar refractivity (Wildman–Crippen MR) is 108 cm³/mol. The van der Waals surface area contributed by atoms with Crippen molar-refractivity contribution in [1.29, 1.82) is 0 Å². The number of aromatic nitrogens is 1. The molecular weight excluding hydrogens is 352 g/mol. The van der Waals surface area contributed by atoms with E-state index in [9.17, 15) is 14.7 Å². The van der Waals surface area contributed by atoms with E-state index in [-0.39, 0.29) is 11.8 Å². The van der Waals surface area contributed by atoms with E-state index in [0.717, 1.165) is 22.2 Å². The minimum atomic E-state index is -0.777. The van der Waals surface area contributed by atoms with Gasteiger partial charge in [-0.15, -0.1) is 0 Å². The number of rotatable bonds is 3. The molecule has 1 aromatic heterocycles. The maximum absolute atomic E-state index is 13.4. The SMILES string of the molecule is CC1CN(C(=O)c2cc(-c3ccccc3)nc3ccccc23)CCC1C(=O)O. The second-order valence-corrected chi connectivity index (χ2v) is 7.40. The van der Waals surface area contributed by atoms with Crippen LogP contribution in [0, 0.1) is 11.8 Å². The molecule has 1 aliphatic rings. The van der Waals surface area contributed by atoms with Gasteiger partial charge in [-0.3, -0.25) is 9.59 Å². The third-order valence-corrected chi connectivity index (χ3v) is 5.53. The number of para-hydroxylation sites is 1. The molecule has 142 valence electrons. The van der Waals surface area contributed by atoms with Crippen molar-refractivity contribution in [3.63, 3.8) is 0 Å². The first-order valence-electron chi connectivity index (χ1n) is 9.52. The molecule has 2 atom stereocenters. The number of aliphatic carboxylic acids is 1. The van der Waals surface area contributed by atoms with E-state index in [1.165, 1.54) is 0 Å². The Morgan fingerprint density at radius 1 is 1.07 bits per heavy atom. The summed E-state index contributed by atoms with van der Waals surface area (Å²) in [6.45, 7) is 2.81. The van der Waals surface area contributed by atoms with Crippen LogP contribution in [0.2, 0.25) is 0 Å². The number of amides is 1. The summed E-state index contributed by atoms with van der Waals surface area (Å²) in [6.07, 6.45) is 0.483. The Bertz CT molecular complexity index is 1030. The summed E-state index contributed by atoms with van der Waals surface area (Å²) >= 11 is 0. The molecule has 1 N–H and O–H groups in total. The number of carboxylic acids is 1. The van der Waals surface area contributed by atoms with Crippen LogP contribution >= 0.6 is 0 Å². The number of nitrogens with zero attached hydrogens (tertiary/aromatic N) is 2. The van der Waals surface area contributed by atoms with Gasteiger partial charge in [0.1, 0.15) is 0 Å². The van der Waals surface area contributed by atoms with Crippen LogP contribution in [0.4, 0.5) is 0 Å². The lowest BCUT2D eigenvalue weighted by molar-refractivity contribution is -0.145. The molecule has 0 radical (unpaired) electrons. The normalized spacial score (nSPS) is 19.5. The fraction of sp³-hybridized carbons (Fsp3) is 0.261. The average Bonchev–Trinajstić information content (AvgIpc) is 2.72. The number of carbonyl (C=O) groups excluding carboxylic acids is 1. The molecule has 1 aliphatic heterocycles. The molecule has 0 saturated carbocycles. The second-order valence-electron chi connectivity index (χ2n) is 7.40. The van der Waals surface area contributed by atoms with E-state index in [2.05, 4.69) is 0 Å². The summed E-state index contributed by atoms with van der Waals surface area (Å²) in [4.78, 5) is 31.3. The van der Waals surface area contributed by atoms with Crippen LogP contribution in [-0.2, 0) is 4.79 Å². The molecule has 2 aromatic carbocycles. The van der Waals surface area contributed by atoms with E-state index < -0.39 is 11.9 Å². The molecule has 1 saturated heterocycles. The highest BCUT2D eigenvalue weighted by Gasteiger charge is 2.33. The fourth-order valence-electron chi connectivity index (χ4n) is 3.98. The van der Waals surface area contributed by atoms with Gasteiger partial charge in [0, 0.05) is 24.0 Å². The zero-order valence-electron chi connectivity index (χ0n) is 15.7. The Hall–Kier alpha value is -3.21. The number of hydrogen-bond acceptors (Lipinski definition) is 3. The van der Waals surface area contributed by atoms with Crippen molar-refractivity contribution in [2.75, 3.05) is 13.1 Å². The maximum Gasteiger partial charge on any atom is 0.306 e. The highest BCUT2D eigenvalue weighted by atomic mass is 16.4. The fourth-order valence-corrected chi connectivity index (χ4v) is 3.98. The first-order valence-corrected chi connectivity index (χ1v) is 9.52. The van der Waals surface area contributed by atoms with Crippen molar-refractivity contribution >= 4 is 22.8 Å². The van der Waals surface area contributed by atoms with Crippen molar-refractivity contribution in [2.24, 2.45) is 11.8 Å². The van der Waals surface area contributed by atoms with Crippen LogP contribution < -0.4 is 0 Å². The number of carboxylic acid groups (broad SMARTS) is 1.